The van der Waals surface area contributed by atoms with Crippen molar-refractivity contribution in [3.05, 3.63) is 35.0 Å². The first-order valence-electron chi connectivity index (χ1n) is 6.40. The molecule has 2 aromatic rings. The number of fused-ring (bicyclic) bond motifs is 1. The molecule has 96 valence electrons. The summed E-state index contributed by atoms with van der Waals surface area (Å²) >= 11 is 6.18. The average Bonchev–Trinajstić information content (AvgIpc) is 2.74. The minimum atomic E-state index is 0.529. The lowest BCUT2D eigenvalue weighted by Gasteiger charge is -2.30. The number of H-pyrrole nitrogens is 1. The Morgan fingerprint density at radius 3 is 3.17 bits per heavy atom. The number of para-hydroxylation sites is 1. The lowest BCUT2D eigenvalue weighted by molar-refractivity contribution is 0.238. The van der Waals surface area contributed by atoms with Gasteiger partial charge in [-0.05, 0) is 25.1 Å². The Bertz CT molecular complexity index is 549. The van der Waals surface area contributed by atoms with E-state index in [0.717, 1.165) is 36.6 Å². The van der Waals surface area contributed by atoms with E-state index in [1.807, 2.05) is 12.1 Å². The van der Waals surface area contributed by atoms with Crippen LogP contribution in [0.4, 0.5) is 0 Å². The fourth-order valence-corrected chi connectivity index (χ4v) is 2.97. The Balaban J connectivity index is 1.84. The highest BCUT2D eigenvalue weighted by Crippen LogP contribution is 2.26. The van der Waals surface area contributed by atoms with Crippen LogP contribution < -0.4 is 5.32 Å². The van der Waals surface area contributed by atoms with Gasteiger partial charge in [0.2, 0.25) is 0 Å². The molecule has 0 saturated carbocycles. The summed E-state index contributed by atoms with van der Waals surface area (Å²) in [5, 5.41) is 5.62. The third kappa shape index (κ3) is 2.26. The second-order valence-electron chi connectivity index (χ2n) is 5.09. The van der Waals surface area contributed by atoms with Crippen molar-refractivity contribution in [1.29, 1.82) is 0 Å². The first-order chi connectivity index (χ1) is 8.74. The van der Waals surface area contributed by atoms with Crippen molar-refractivity contribution >= 4 is 22.5 Å². The molecule has 1 unspecified atom stereocenters. The van der Waals surface area contributed by atoms with Crippen LogP contribution in [0.1, 0.15) is 5.56 Å². The maximum Gasteiger partial charge on any atom is 0.0647 e. The second-order valence-corrected chi connectivity index (χ2v) is 5.50. The summed E-state index contributed by atoms with van der Waals surface area (Å²) in [4.78, 5) is 5.66. The summed E-state index contributed by atoms with van der Waals surface area (Å²) in [5.41, 5.74) is 2.40. The van der Waals surface area contributed by atoms with Gasteiger partial charge in [0.15, 0.2) is 0 Å². The summed E-state index contributed by atoms with van der Waals surface area (Å²) in [5.74, 6) is 0. The van der Waals surface area contributed by atoms with Gasteiger partial charge in [0.25, 0.3) is 0 Å². The first-order valence-corrected chi connectivity index (χ1v) is 6.78. The molecule has 1 saturated heterocycles. The highest BCUT2D eigenvalue weighted by atomic mass is 35.5. The van der Waals surface area contributed by atoms with Crippen LogP contribution in [0.2, 0.25) is 5.02 Å². The Morgan fingerprint density at radius 2 is 2.33 bits per heavy atom. The number of benzene rings is 1. The number of likely N-dealkylation sites (N-methyl/N-ethyl adjacent to an activating group) is 1. The fourth-order valence-electron chi connectivity index (χ4n) is 2.74. The quantitative estimate of drug-likeness (QED) is 0.871. The number of nitrogens with zero attached hydrogens (tertiary/aromatic N) is 1. The average molecular weight is 264 g/mol. The topological polar surface area (TPSA) is 31.1 Å². The molecule has 2 N–H and O–H groups in total. The van der Waals surface area contributed by atoms with Gasteiger partial charge in [-0.25, -0.2) is 0 Å². The van der Waals surface area contributed by atoms with E-state index in [2.05, 4.69) is 34.5 Å². The van der Waals surface area contributed by atoms with Crippen LogP contribution in [0.5, 0.6) is 0 Å². The van der Waals surface area contributed by atoms with Crippen LogP contribution in [0, 0.1) is 0 Å². The molecule has 0 bridgehead atoms. The smallest absolute Gasteiger partial charge is 0.0647 e. The van der Waals surface area contributed by atoms with Crippen LogP contribution in [0.3, 0.4) is 0 Å². The molecule has 0 spiro atoms. The minimum absolute atomic E-state index is 0.529. The van der Waals surface area contributed by atoms with Crippen molar-refractivity contribution in [2.24, 2.45) is 0 Å². The van der Waals surface area contributed by atoms with Crippen LogP contribution in [0.15, 0.2) is 24.4 Å². The standard InChI is InChI=1S/C14H18ClN3/c1-18-6-5-16-11(9-18)7-10-8-17-14-12(10)3-2-4-13(14)15/h2-4,8,11,16-17H,5-7,9H2,1H3. The molecule has 2 heterocycles. The second kappa shape index (κ2) is 4.92. The zero-order chi connectivity index (χ0) is 12.5. The van der Waals surface area contributed by atoms with Gasteiger partial charge in [-0.15, -0.1) is 0 Å². The van der Waals surface area contributed by atoms with Crippen molar-refractivity contribution in [3.8, 4) is 0 Å². The molecule has 0 amide bonds. The number of rotatable bonds is 2. The SMILES string of the molecule is CN1CCNC(Cc2c[nH]c3c(Cl)cccc23)C1. The van der Waals surface area contributed by atoms with Gasteiger partial charge in [-0.1, -0.05) is 23.7 Å². The van der Waals surface area contributed by atoms with E-state index in [1.165, 1.54) is 10.9 Å². The highest BCUT2D eigenvalue weighted by Gasteiger charge is 2.18. The molecule has 0 aliphatic carbocycles. The van der Waals surface area contributed by atoms with E-state index in [9.17, 15) is 0 Å². The Morgan fingerprint density at radius 1 is 1.44 bits per heavy atom. The lowest BCUT2D eigenvalue weighted by Crippen LogP contribution is -2.49. The first kappa shape index (κ1) is 12.0. The normalized spacial score (nSPS) is 21.6. The molecule has 18 heavy (non-hydrogen) atoms. The Kier molecular flexibility index (Phi) is 3.29. The van der Waals surface area contributed by atoms with Crippen LogP contribution in [0.25, 0.3) is 10.9 Å². The maximum atomic E-state index is 6.18. The van der Waals surface area contributed by atoms with Crippen molar-refractivity contribution in [2.45, 2.75) is 12.5 Å². The summed E-state index contributed by atoms with van der Waals surface area (Å²) in [7, 11) is 2.18. The van der Waals surface area contributed by atoms with Gasteiger partial charge < -0.3 is 15.2 Å². The molecule has 4 heteroatoms. The van der Waals surface area contributed by atoms with Crippen molar-refractivity contribution in [3.63, 3.8) is 0 Å². The zero-order valence-electron chi connectivity index (χ0n) is 10.5. The molecular formula is C14H18ClN3. The monoisotopic (exact) mass is 263 g/mol. The number of hydrogen-bond acceptors (Lipinski definition) is 2. The lowest BCUT2D eigenvalue weighted by atomic mass is 10.0. The van der Waals surface area contributed by atoms with E-state index in [1.54, 1.807) is 0 Å². The third-order valence-corrected chi connectivity index (χ3v) is 3.99. The predicted octanol–water partition coefficient (Wildman–Crippen LogP) is 2.27. The molecule has 1 atom stereocenters. The van der Waals surface area contributed by atoms with Gasteiger partial charge in [0, 0.05) is 37.3 Å². The minimum Gasteiger partial charge on any atom is -0.360 e. The number of piperazine rings is 1. The number of hydrogen-bond donors (Lipinski definition) is 2. The van der Waals surface area contributed by atoms with E-state index in [-0.39, 0.29) is 0 Å². The molecule has 1 aliphatic heterocycles. The summed E-state index contributed by atoms with van der Waals surface area (Å²) in [6, 6.07) is 6.61. The summed E-state index contributed by atoms with van der Waals surface area (Å²) in [6.45, 7) is 3.31. The molecule has 0 radical (unpaired) electrons. The molecule has 3 nitrogen and oxygen atoms in total. The van der Waals surface area contributed by atoms with E-state index in [4.69, 9.17) is 11.6 Å². The number of aromatic nitrogens is 1. The van der Waals surface area contributed by atoms with Gasteiger partial charge in [-0.2, -0.15) is 0 Å². The largest absolute Gasteiger partial charge is 0.360 e. The molecule has 1 aromatic heterocycles. The summed E-state index contributed by atoms with van der Waals surface area (Å²) < 4.78 is 0. The maximum absolute atomic E-state index is 6.18. The van der Waals surface area contributed by atoms with E-state index >= 15 is 0 Å². The number of halogens is 1. The van der Waals surface area contributed by atoms with Crippen LogP contribution >= 0.6 is 11.6 Å². The molecule has 1 aliphatic rings. The molecule has 1 aromatic carbocycles. The predicted molar refractivity (Wildman–Crippen MR) is 76.3 cm³/mol. The number of aromatic amines is 1. The summed E-state index contributed by atoms with van der Waals surface area (Å²) in [6.07, 6.45) is 3.14. The van der Waals surface area contributed by atoms with Crippen LogP contribution in [-0.4, -0.2) is 42.6 Å². The third-order valence-electron chi connectivity index (χ3n) is 3.68. The van der Waals surface area contributed by atoms with Gasteiger partial charge in [0.05, 0.1) is 10.5 Å². The van der Waals surface area contributed by atoms with E-state index in [0.29, 0.717) is 6.04 Å². The van der Waals surface area contributed by atoms with Crippen molar-refractivity contribution < 1.29 is 0 Å². The highest BCUT2D eigenvalue weighted by molar-refractivity contribution is 6.35. The van der Waals surface area contributed by atoms with Gasteiger partial charge in [0.1, 0.15) is 0 Å². The van der Waals surface area contributed by atoms with Crippen molar-refractivity contribution in [1.82, 2.24) is 15.2 Å². The molecule has 3 rings (SSSR count). The van der Waals surface area contributed by atoms with Gasteiger partial charge >= 0.3 is 0 Å². The zero-order valence-corrected chi connectivity index (χ0v) is 11.3. The van der Waals surface area contributed by atoms with E-state index < -0.39 is 0 Å². The number of nitrogens with one attached hydrogen (secondary N) is 2. The molecule has 1 fully saturated rings. The molecular weight excluding hydrogens is 246 g/mol. The van der Waals surface area contributed by atoms with Crippen molar-refractivity contribution in [2.75, 3.05) is 26.7 Å². The Labute approximate surface area is 112 Å². The fraction of sp³-hybridized carbons (Fsp3) is 0.429. The Hall–Kier alpha value is -1.03. The van der Waals surface area contributed by atoms with Crippen LogP contribution in [-0.2, 0) is 6.42 Å². The van der Waals surface area contributed by atoms with Gasteiger partial charge in [-0.3, -0.25) is 0 Å².